The molecule has 176 valence electrons. The quantitative estimate of drug-likeness (QED) is 0.461. The molecule has 0 spiro atoms. The monoisotopic (exact) mass is 457 g/mol. The van der Waals surface area contributed by atoms with Crippen LogP contribution in [-0.2, 0) is 9.59 Å². The first-order valence-corrected chi connectivity index (χ1v) is 11.8. The number of carbonyl (C=O) groups is 2. The van der Waals surface area contributed by atoms with Crippen LogP contribution in [0.3, 0.4) is 0 Å². The van der Waals surface area contributed by atoms with Crippen LogP contribution in [0.4, 0.5) is 5.69 Å². The van der Waals surface area contributed by atoms with Gasteiger partial charge >= 0.3 is 0 Å². The maximum Gasteiger partial charge on any atom is 0.237 e. The molecule has 0 radical (unpaired) electrons. The first-order chi connectivity index (χ1) is 16.5. The Kier molecular flexibility index (Phi) is 7.60. The molecule has 0 aliphatic carbocycles. The summed E-state index contributed by atoms with van der Waals surface area (Å²) in [5.41, 5.74) is 2.50. The summed E-state index contributed by atoms with van der Waals surface area (Å²) in [5, 5.41) is 16.0. The lowest BCUT2D eigenvalue weighted by Gasteiger charge is -2.35. The van der Waals surface area contributed by atoms with Crippen LogP contribution < -0.4 is 10.6 Å². The molecule has 1 aliphatic rings. The fourth-order valence-corrected chi connectivity index (χ4v) is 4.44. The van der Waals surface area contributed by atoms with Gasteiger partial charge in [0.25, 0.3) is 0 Å². The lowest BCUT2D eigenvalue weighted by Crippen LogP contribution is -2.50. The summed E-state index contributed by atoms with van der Waals surface area (Å²) in [5.74, 6) is -0.209. The van der Waals surface area contributed by atoms with Gasteiger partial charge in [0.2, 0.25) is 11.8 Å². The molecule has 0 aromatic heterocycles. The number of phenols is 1. The Labute approximate surface area is 200 Å². The molecule has 6 nitrogen and oxygen atoms in total. The van der Waals surface area contributed by atoms with Gasteiger partial charge < -0.3 is 15.7 Å². The number of para-hydroxylation sites is 2. The number of nitrogens with zero attached hydrogens (tertiary/aromatic N) is 1. The molecule has 4 rings (SSSR count). The second kappa shape index (κ2) is 11.0. The summed E-state index contributed by atoms with van der Waals surface area (Å²) in [6.07, 6.45) is 1.33. The van der Waals surface area contributed by atoms with Gasteiger partial charge in [-0.3, -0.25) is 14.5 Å². The lowest BCUT2D eigenvalue weighted by molar-refractivity contribution is -0.127. The molecule has 0 saturated carbocycles. The zero-order valence-electron chi connectivity index (χ0n) is 19.4. The van der Waals surface area contributed by atoms with Crippen LogP contribution in [0.1, 0.15) is 36.9 Å². The van der Waals surface area contributed by atoms with Crippen LogP contribution in [0.25, 0.3) is 0 Å². The number of piperidine rings is 1. The van der Waals surface area contributed by atoms with E-state index in [-0.39, 0.29) is 35.6 Å². The van der Waals surface area contributed by atoms with Crippen molar-refractivity contribution < 1.29 is 14.7 Å². The van der Waals surface area contributed by atoms with Gasteiger partial charge in [0, 0.05) is 5.92 Å². The van der Waals surface area contributed by atoms with Crippen molar-refractivity contribution in [3.63, 3.8) is 0 Å². The average Bonchev–Trinajstić information content (AvgIpc) is 2.89. The number of amides is 2. The van der Waals surface area contributed by atoms with E-state index in [0.29, 0.717) is 31.6 Å². The first-order valence-electron chi connectivity index (χ1n) is 11.8. The van der Waals surface area contributed by atoms with Gasteiger partial charge in [-0.1, -0.05) is 72.8 Å². The van der Waals surface area contributed by atoms with Gasteiger partial charge in [0.05, 0.1) is 17.8 Å². The van der Waals surface area contributed by atoms with Crippen molar-refractivity contribution in [2.24, 2.45) is 5.92 Å². The normalized spacial score (nSPS) is 15.6. The van der Waals surface area contributed by atoms with Gasteiger partial charge in [-0.2, -0.15) is 0 Å². The van der Waals surface area contributed by atoms with E-state index in [4.69, 9.17) is 0 Å². The Morgan fingerprint density at radius 3 is 1.94 bits per heavy atom. The maximum absolute atomic E-state index is 13.2. The Morgan fingerprint density at radius 2 is 1.38 bits per heavy atom. The molecule has 6 heteroatoms. The van der Waals surface area contributed by atoms with E-state index >= 15 is 0 Å². The van der Waals surface area contributed by atoms with Crippen molar-refractivity contribution in [3.05, 3.63) is 96.1 Å². The fourth-order valence-electron chi connectivity index (χ4n) is 4.44. The number of anilines is 1. The van der Waals surface area contributed by atoms with Crippen LogP contribution in [0.15, 0.2) is 84.9 Å². The summed E-state index contributed by atoms with van der Waals surface area (Å²) >= 11 is 0. The molecule has 3 aromatic rings. The van der Waals surface area contributed by atoms with Crippen LogP contribution in [-0.4, -0.2) is 41.0 Å². The molecule has 1 heterocycles. The van der Waals surface area contributed by atoms with Gasteiger partial charge in [-0.05, 0) is 56.1 Å². The van der Waals surface area contributed by atoms with E-state index in [0.717, 1.165) is 11.1 Å². The predicted molar refractivity (Wildman–Crippen MR) is 133 cm³/mol. The SMILES string of the molecule is C[C@@H](C(=O)NC(c1ccccc1)c1ccccc1)N1CCC(C(=O)Nc2ccccc2O)CC1. The second-order valence-electron chi connectivity index (χ2n) is 8.76. The predicted octanol–water partition coefficient (Wildman–Crippen LogP) is 4.34. The van der Waals surface area contributed by atoms with Crippen molar-refractivity contribution in [1.29, 1.82) is 0 Å². The number of phenolic OH excluding ortho intramolecular Hbond substituents is 1. The van der Waals surface area contributed by atoms with Crippen LogP contribution >= 0.6 is 0 Å². The molecule has 1 atom stereocenters. The fraction of sp³-hybridized carbons (Fsp3) is 0.286. The van der Waals surface area contributed by atoms with Crippen molar-refractivity contribution in [2.75, 3.05) is 18.4 Å². The minimum Gasteiger partial charge on any atom is -0.506 e. The van der Waals surface area contributed by atoms with E-state index < -0.39 is 0 Å². The summed E-state index contributed by atoms with van der Waals surface area (Å²) in [6, 6.07) is 26.1. The highest BCUT2D eigenvalue weighted by Gasteiger charge is 2.31. The number of carbonyl (C=O) groups excluding carboxylic acids is 2. The minimum atomic E-state index is -0.308. The maximum atomic E-state index is 13.2. The van der Waals surface area contributed by atoms with Gasteiger partial charge in [-0.15, -0.1) is 0 Å². The van der Waals surface area contributed by atoms with E-state index in [9.17, 15) is 14.7 Å². The Balaban J connectivity index is 1.36. The number of hydrogen-bond donors (Lipinski definition) is 3. The molecule has 3 aromatic carbocycles. The zero-order chi connectivity index (χ0) is 23.9. The third-order valence-corrected chi connectivity index (χ3v) is 6.54. The van der Waals surface area contributed by atoms with Crippen molar-refractivity contribution in [3.8, 4) is 5.75 Å². The van der Waals surface area contributed by atoms with Crippen molar-refractivity contribution in [2.45, 2.75) is 31.8 Å². The number of nitrogens with one attached hydrogen (secondary N) is 2. The second-order valence-corrected chi connectivity index (χ2v) is 8.76. The summed E-state index contributed by atoms with van der Waals surface area (Å²) < 4.78 is 0. The largest absolute Gasteiger partial charge is 0.506 e. The summed E-state index contributed by atoms with van der Waals surface area (Å²) in [6.45, 7) is 3.24. The molecule has 2 amide bonds. The van der Waals surface area contributed by atoms with Crippen LogP contribution in [0.2, 0.25) is 0 Å². The highest BCUT2D eigenvalue weighted by atomic mass is 16.3. The van der Waals surface area contributed by atoms with Crippen molar-refractivity contribution in [1.82, 2.24) is 10.2 Å². The third kappa shape index (κ3) is 5.64. The number of rotatable bonds is 7. The van der Waals surface area contributed by atoms with E-state index in [1.54, 1.807) is 24.3 Å². The number of aromatic hydroxyl groups is 1. The Bertz CT molecular complexity index is 1060. The summed E-state index contributed by atoms with van der Waals surface area (Å²) in [7, 11) is 0. The van der Waals surface area contributed by atoms with Crippen LogP contribution in [0.5, 0.6) is 5.75 Å². The van der Waals surface area contributed by atoms with Gasteiger partial charge in [-0.25, -0.2) is 0 Å². The molecule has 1 aliphatic heterocycles. The zero-order valence-corrected chi connectivity index (χ0v) is 19.4. The van der Waals surface area contributed by atoms with Gasteiger partial charge in [0.15, 0.2) is 0 Å². The highest BCUT2D eigenvalue weighted by molar-refractivity contribution is 5.94. The number of likely N-dealkylation sites (tertiary alicyclic amines) is 1. The third-order valence-electron chi connectivity index (χ3n) is 6.54. The average molecular weight is 458 g/mol. The number of hydrogen-bond acceptors (Lipinski definition) is 4. The molecular formula is C28H31N3O3. The Hall–Kier alpha value is -3.64. The number of benzene rings is 3. The molecule has 1 saturated heterocycles. The lowest BCUT2D eigenvalue weighted by atomic mass is 9.94. The molecule has 0 bridgehead atoms. The Morgan fingerprint density at radius 1 is 0.853 bits per heavy atom. The smallest absolute Gasteiger partial charge is 0.237 e. The minimum absolute atomic E-state index is 0.0326. The molecule has 34 heavy (non-hydrogen) atoms. The van der Waals surface area contributed by atoms with Gasteiger partial charge in [0.1, 0.15) is 5.75 Å². The first kappa shape index (κ1) is 23.5. The molecule has 3 N–H and O–H groups in total. The highest BCUT2D eigenvalue weighted by Crippen LogP contribution is 2.26. The van der Waals surface area contributed by atoms with Crippen molar-refractivity contribution >= 4 is 17.5 Å². The standard InChI is InChI=1S/C28H31N3O3/c1-20(27(33)30-26(21-10-4-2-5-11-21)22-12-6-3-7-13-22)31-18-16-23(17-19-31)28(34)29-24-14-8-9-15-25(24)32/h2-15,20,23,26,32H,16-19H2,1H3,(H,29,34)(H,30,33)/t20-/m0/s1. The van der Waals surface area contributed by atoms with Crippen LogP contribution in [0, 0.1) is 5.92 Å². The van der Waals surface area contributed by atoms with E-state index in [1.165, 1.54) is 0 Å². The molecular weight excluding hydrogens is 426 g/mol. The topological polar surface area (TPSA) is 81.7 Å². The molecule has 0 unspecified atom stereocenters. The molecule has 1 fully saturated rings. The van der Waals surface area contributed by atoms with E-state index in [1.807, 2.05) is 67.6 Å². The summed E-state index contributed by atoms with van der Waals surface area (Å²) in [4.78, 5) is 28.0. The van der Waals surface area contributed by atoms with E-state index in [2.05, 4.69) is 15.5 Å².